The highest BCUT2D eigenvalue weighted by molar-refractivity contribution is 6.33. The molecule has 0 saturated heterocycles. The number of benzene rings is 1. The van der Waals surface area contributed by atoms with Gasteiger partial charge in [0.15, 0.2) is 0 Å². The van der Waals surface area contributed by atoms with Crippen molar-refractivity contribution in [1.82, 2.24) is 10.3 Å². The van der Waals surface area contributed by atoms with E-state index >= 15 is 0 Å². The molecule has 6 heteroatoms. The molecule has 0 aliphatic rings. The minimum atomic E-state index is -0.378. The summed E-state index contributed by atoms with van der Waals surface area (Å²) in [5.74, 6) is -0.171. The molecule has 1 amide bonds. The number of nitrogens with two attached hydrogens (primary N) is 1. The van der Waals surface area contributed by atoms with Gasteiger partial charge in [0, 0.05) is 6.20 Å². The fraction of sp³-hybridized carbons (Fsp3) is 0.200. The molecule has 5 nitrogen and oxygen atoms in total. The van der Waals surface area contributed by atoms with Crippen LogP contribution in [0.15, 0.2) is 42.6 Å². The van der Waals surface area contributed by atoms with Crippen molar-refractivity contribution in [3.8, 4) is 0 Å². The summed E-state index contributed by atoms with van der Waals surface area (Å²) >= 11 is 5.84. The van der Waals surface area contributed by atoms with Gasteiger partial charge < -0.3 is 16.2 Å². The van der Waals surface area contributed by atoms with Crippen LogP contribution >= 0.6 is 11.6 Å². The Kier molecular flexibility index (Phi) is 5.14. The summed E-state index contributed by atoms with van der Waals surface area (Å²) in [6.45, 7) is -0.156. The van der Waals surface area contributed by atoms with Crippen LogP contribution in [0.2, 0.25) is 5.02 Å². The Morgan fingerprint density at radius 2 is 2.10 bits per heavy atom. The predicted molar refractivity (Wildman–Crippen MR) is 82.1 cm³/mol. The third-order valence-corrected chi connectivity index (χ3v) is 3.32. The molecule has 0 fully saturated rings. The lowest BCUT2D eigenvalue weighted by molar-refractivity contribution is 0.0916. The zero-order valence-corrected chi connectivity index (χ0v) is 12.0. The Bertz CT molecular complexity index is 620. The van der Waals surface area contributed by atoms with Crippen LogP contribution in [0.3, 0.4) is 0 Å². The molecule has 0 radical (unpaired) electrons. The second-order valence-corrected chi connectivity index (χ2v) is 5.04. The lowest BCUT2D eigenvalue weighted by Crippen LogP contribution is -2.39. The van der Waals surface area contributed by atoms with E-state index in [1.165, 1.54) is 12.3 Å². The molecule has 4 N–H and O–H groups in total. The van der Waals surface area contributed by atoms with Gasteiger partial charge in [0.1, 0.15) is 5.82 Å². The number of nitrogen functional groups attached to an aromatic ring is 1. The van der Waals surface area contributed by atoms with Crippen molar-refractivity contribution < 1.29 is 9.90 Å². The summed E-state index contributed by atoms with van der Waals surface area (Å²) in [5, 5.41) is 12.4. The number of aromatic nitrogens is 1. The van der Waals surface area contributed by atoms with Crippen LogP contribution < -0.4 is 11.1 Å². The molecule has 0 aliphatic heterocycles. The minimum absolute atomic E-state index is 0.156. The summed E-state index contributed by atoms with van der Waals surface area (Å²) in [4.78, 5) is 15.9. The molecular weight excluding hydrogens is 290 g/mol. The number of rotatable bonds is 5. The van der Waals surface area contributed by atoms with Crippen molar-refractivity contribution >= 4 is 23.3 Å². The Morgan fingerprint density at radius 3 is 2.71 bits per heavy atom. The van der Waals surface area contributed by atoms with Crippen molar-refractivity contribution in [2.24, 2.45) is 0 Å². The maximum Gasteiger partial charge on any atom is 0.253 e. The van der Waals surface area contributed by atoms with Crippen molar-refractivity contribution in [2.75, 3.05) is 12.3 Å². The van der Waals surface area contributed by atoms with E-state index in [1.807, 2.05) is 30.3 Å². The lowest BCUT2D eigenvalue weighted by Gasteiger charge is -2.16. The molecule has 1 atom stereocenters. The van der Waals surface area contributed by atoms with Crippen LogP contribution in [0.25, 0.3) is 0 Å². The number of anilines is 1. The van der Waals surface area contributed by atoms with Crippen LogP contribution in [0.4, 0.5) is 5.82 Å². The second kappa shape index (κ2) is 7.06. The molecular formula is C15H16ClN3O2. The Morgan fingerprint density at radius 1 is 1.38 bits per heavy atom. The fourth-order valence-electron chi connectivity index (χ4n) is 1.90. The number of aliphatic hydroxyl groups excluding tert-OH is 1. The van der Waals surface area contributed by atoms with Gasteiger partial charge >= 0.3 is 0 Å². The Hall–Kier alpha value is -2.11. The summed E-state index contributed by atoms with van der Waals surface area (Å²) in [6, 6.07) is 10.7. The molecule has 1 heterocycles. The molecule has 2 aromatic rings. The van der Waals surface area contributed by atoms with Crippen molar-refractivity contribution in [3.63, 3.8) is 0 Å². The van der Waals surface area contributed by atoms with Gasteiger partial charge in [-0.3, -0.25) is 4.79 Å². The van der Waals surface area contributed by atoms with Gasteiger partial charge in [-0.15, -0.1) is 0 Å². The average molecular weight is 306 g/mol. The number of pyridine rings is 1. The average Bonchev–Trinajstić information content (AvgIpc) is 2.50. The highest BCUT2D eigenvalue weighted by Gasteiger charge is 2.15. The van der Waals surface area contributed by atoms with E-state index in [-0.39, 0.29) is 29.4 Å². The lowest BCUT2D eigenvalue weighted by atomic mass is 10.1. The molecule has 1 aromatic carbocycles. The highest BCUT2D eigenvalue weighted by atomic mass is 35.5. The number of amides is 1. The first-order chi connectivity index (χ1) is 10.1. The van der Waals surface area contributed by atoms with Crippen molar-refractivity contribution in [1.29, 1.82) is 0 Å². The quantitative estimate of drug-likeness (QED) is 0.784. The van der Waals surface area contributed by atoms with E-state index in [1.54, 1.807) is 0 Å². The Labute approximate surface area is 127 Å². The SMILES string of the molecule is Nc1ncc(C(=O)NC(CO)Cc2ccccc2)cc1Cl. The van der Waals surface area contributed by atoms with E-state index in [4.69, 9.17) is 17.3 Å². The molecule has 2 rings (SSSR count). The number of hydrogen-bond donors (Lipinski definition) is 3. The van der Waals surface area contributed by atoms with Gasteiger partial charge in [-0.1, -0.05) is 41.9 Å². The molecule has 1 aromatic heterocycles. The van der Waals surface area contributed by atoms with E-state index < -0.39 is 0 Å². The molecule has 110 valence electrons. The van der Waals surface area contributed by atoms with Crippen LogP contribution in [-0.4, -0.2) is 28.6 Å². The summed E-state index contributed by atoms with van der Waals surface area (Å²) < 4.78 is 0. The van der Waals surface area contributed by atoms with E-state index in [2.05, 4.69) is 10.3 Å². The molecule has 0 aliphatic carbocycles. The molecule has 21 heavy (non-hydrogen) atoms. The van der Waals surface area contributed by atoms with Crippen LogP contribution in [-0.2, 0) is 6.42 Å². The highest BCUT2D eigenvalue weighted by Crippen LogP contribution is 2.16. The number of carbonyl (C=O) groups excluding carboxylic acids is 1. The first-order valence-electron chi connectivity index (χ1n) is 6.47. The topological polar surface area (TPSA) is 88.2 Å². The summed E-state index contributed by atoms with van der Waals surface area (Å²) in [5.41, 5.74) is 6.84. The standard InChI is InChI=1S/C15H16ClN3O2/c16-13-7-11(8-18-14(13)17)15(21)19-12(9-20)6-10-4-2-1-3-5-10/h1-5,7-8,12,20H,6,9H2,(H2,17,18)(H,19,21). The van der Waals surface area contributed by atoms with Crippen molar-refractivity contribution in [2.45, 2.75) is 12.5 Å². The summed E-state index contributed by atoms with van der Waals surface area (Å²) in [6.07, 6.45) is 1.90. The first kappa shape index (κ1) is 15.3. The number of carbonyl (C=O) groups is 1. The molecule has 0 spiro atoms. The monoisotopic (exact) mass is 305 g/mol. The Balaban J connectivity index is 2.04. The van der Waals surface area contributed by atoms with Gasteiger partial charge in [-0.2, -0.15) is 0 Å². The van der Waals surface area contributed by atoms with Gasteiger partial charge in [-0.25, -0.2) is 4.98 Å². The first-order valence-corrected chi connectivity index (χ1v) is 6.84. The van der Waals surface area contributed by atoms with E-state index in [0.717, 1.165) is 5.56 Å². The molecule has 0 bridgehead atoms. The molecule has 1 unspecified atom stereocenters. The van der Waals surface area contributed by atoms with Gasteiger partial charge in [0.2, 0.25) is 0 Å². The number of nitrogens with one attached hydrogen (secondary N) is 1. The third-order valence-electron chi connectivity index (χ3n) is 3.01. The zero-order valence-electron chi connectivity index (χ0n) is 11.3. The number of nitrogens with zero attached hydrogens (tertiary/aromatic N) is 1. The summed E-state index contributed by atoms with van der Waals surface area (Å²) in [7, 11) is 0. The van der Waals surface area contributed by atoms with Gasteiger partial charge in [0.25, 0.3) is 5.91 Å². The van der Waals surface area contributed by atoms with Crippen molar-refractivity contribution in [3.05, 3.63) is 58.7 Å². The fourth-order valence-corrected chi connectivity index (χ4v) is 2.07. The van der Waals surface area contributed by atoms with Gasteiger partial charge in [0.05, 0.1) is 23.2 Å². The predicted octanol–water partition coefficient (Wildman–Crippen LogP) is 1.65. The molecule has 0 saturated carbocycles. The number of hydrogen-bond acceptors (Lipinski definition) is 4. The smallest absolute Gasteiger partial charge is 0.253 e. The normalized spacial score (nSPS) is 11.9. The maximum absolute atomic E-state index is 12.1. The number of aliphatic hydroxyl groups is 1. The van der Waals surface area contributed by atoms with E-state index in [0.29, 0.717) is 12.0 Å². The number of halogens is 1. The second-order valence-electron chi connectivity index (χ2n) is 4.63. The van der Waals surface area contributed by atoms with Crippen LogP contribution in [0.1, 0.15) is 15.9 Å². The minimum Gasteiger partial charge on any atom is -0.394 e. The largest absolute Gasteiger partial charge is 0.394 e. The third kappa shape index (κ3) is 4.18. The zero-order chi connectivity index (χ0) is 15.2. The van der Waals surface area contributed by atoms with E-state index in [9.17, 15) is 9.90 Å². The maximum atomic E-state index is 12.1. The van der Waals surface area contributed by atoms with Gasteiger partial charge in [-0.05, 0) is 18.1 Å². The van der Waals surface area contributed by atoms with Crippen LogP contribution in [0.5, 0.6) is 0 Å². The van der Waals surface area contributed by atoms with Crippen LogP contribution in [0, 0.1) is 0 Å².